The minimum atomic E-state index is 0.461. The Balaban J connectivity index is 1.78. The van der Waals surface area contributed by atoms with Crippen LogP contribution in [-0.4, -0.2) is 6.04 Å². The monoisotopic (exact) mass is 195 g/mol. The zero-order valence-corrected chi connectivity index (χ0v) is 8.94. The van der Waals surface area contributed by atoms with Crippen molar-refractivity contribution in [3.63, 3.8) is 0 Å². The first-order valence-electron chi connectivity index (χ1n) is 5.06. The first-order chi connectivity index (χ1) is 6.25. The fraction of sp³-hybridized carbons (Fsp3) is 0.636. The van der Waals surface area contributed by atoms with E-state index in [0.29, 0.717) is 6.04 Å². The minimum Gasteiger partial charge on any atom is -0.327 e. The lowest BCUT2D eigenvalue weighted by molar-refractivity contribution is 0.552. The molecule has 1 aliphatic carbocycles. The molecule has 1 saturated carbocycles. The van der Waals surface area contributed by atoms with Crippen LogP contribution < -0.4 is 5.73 Å². The van der Waals surface area contributed by atoms with Gasteiger partial charge >= 0.3 is 0 Å². The van der Waals surface area contributed by atoms with Gasteiger partial charge in [-0.3, -0.25) is 0 Å². The maximum Gasteiger partial charge on any atom is 0.00706 e. The summed E-state index contributed by atoms with van der Waals surface area (Å²) in [5.41, 5.74) is 6.04. The van der Waals surface area contributed by atoms with Crippen molar-refractivity contribution in [2.24, 2.45) is 11.7 Å². The highest BCUT2D eigenvalue weighted by molar-refractivity contribution is 7.11. The summed E-state index contributed by atoms with van der Waals surface area (Å²) in [6, 6.07) is 4.89. The molecule has 1 aromatic heterocycles. The molecule has 0 bridgehead atoms. The number of hydrogen-bond acceptors (Lipinski definition) is 2. The molecule has 1 atom stereocenters. The van der Waals surface area contributed by atoms with Crippen molar-refractivity contribution in [2.75, 3.05) is 0 Å². The van der Waals surface area contributed by atoms with Crippen LogP contribution in [0.3, 0.4) is 0 Å². The molecule has 1 fully saturated rings. The number of aryl methyl sites for hydroxylation is 2. The van der Waals surface area contributed by atoms with Gasteiger partial charge in [0.25, 0.3) is 0 Å². The predicted molar refractivity (Wildman–Crippen MR) is 58.1 cm³/mol. The van der Waals surface area contributed by atoms with Crippen LogP contribution in [0, 0.1) is 12.8 Å². The molecule has 0 aromatic carbocycles. The highest BCUT2D eigenvalue weighted by Crippen LogP contribution is 2.33. The van der Waals surface area contributed by atoms with E-state index in [1.54, 1.807) is 0 Å². The third-order valence-corrected chi connectivity index (χ3v) is 3.81. The number of thiophene rings is 1. The normalized spacial score (nSPS) is 18.9. The molecule has 2 heteroatoms. The van der Waals surface area contributed by atoms with Gasteiger partial charge in [0.2, 0.25) is 0 Å². The molecule has 0 aliphatic heterocycles. The van der Waals surface area contributed by atoms with E-state index < -0.39 is 0 Å². The van der Waals surface area contributed by atoms with Crippen LogP contribution in [-0.2, 0) is 6.42 Å². The van der Waals surface area contributed by atoms with E-state index in [9.17, 15) is 0 Å². The van der Waals surface area contributed by atoms with E-state index in [2.05, 4.69) is 19.1 Å². The van der Waals surface area contributed by atoms with E-state index >= 15 is 0 Å². The van der Waals surface area contributed by atoms with Gasteiger partial charge in [-0.25, -0.2) is 0 Å². The predicted octanol–water partition coefficient (Wildman–Crippen LogP) is 2.73. The van der Waals surface area contributed by atoms with Crippen molar-refractivity contribution >= 4 is 11.3 Å². The molecule has 0 spiro atoms. The van der Waals surface area contributed by atoms with Gasteiger partial charge in [0.15, 0.2) is 0 Å². The zero-order valence-electron chi connectivity index (χ0n) is 8.12. The highest BCUT2D eigenvalue weighted by Gasteiger charge is 2.27. The summed E-state index contributed by atoms with van der Waals surface area (Å²) in [5.74, 6) is 0.848. The second kappa shape index (κ2) is 3.81. The smallest absolute Gasteiger partial charge is 0.00706 e. The number of nitrogens with two attached hydrogens (primary N) is 1. The SMILES string of the molecule is Cc1ccc(CCC(N)C2CC2)s1. The second-order valence-corrected chi connectivity index (χ2v) is 5.42. The van der Waals surface area contributed by atoms with Gasteiger partial charge in [0.1, 0.15) is 0 Å². The van der Waals surface area contributed by atoms with Crippen LogP contribution in [0.4, 0.5) is 0 Å². The van der Waals surface area contributed by atoms with Crippen molar-refractivity contribution in [2.45, 2.75) is 38.6 Å². The van der Waals surface area contributed by atoms with Crippen LogP contribution in [0.15, 0.2) is 12.1 Å². The van der Waals surface area contributed by atoms with Gasteiger partial charge in [0.05, 0.1) is 0 Å². The third-order valence-electron chi connectivity index (χ3n) is 2.75. The van der Waals surface area contributed by atoms with Crippen molar-refractivity contribution in [3.05, 3.63) is 21.9 Å². The molecule has 1 aromatic rings. The van der Waals surface area contributed by atoms with Crippen molar-refractivity contribution < 1.29 is 0 Å². The van der Waals surface area contributed by atoms with Gasteiger partial charge in [-0.15, -0.1) is 11.3 Å². The molecule has 1 heterocycles. The number of rotatable bonds is 4. The molecule has 13 heavy (non-hydrogen) atoms. The third kappa shape index (κ3) is 2.55. The lowest BCUT2D eigenvalue weighted by Crippen LogP contribution is -2.22. The van der Waals surface area contributed by atoms with E-state index in [4.69, 9.17) is 5.73 Å². The topological polar surface area (TPSA) is 26.0 Å². The molecule has 72 valence electrons. The molecule has 1 nitrogen and oxygen atoms in total. The Labute approximate surface area is 84.0 Å². The summed E-state index contributed by atoms with van der Waals surface area (Å²) in [5, 5.41) is 0. The van der Waals surface area contributed by atoms with Crippen LogP contribution >= 0.6 is 11.3 Å². The maximum absolute atomic E-state index is 6.04. The Morgan fingerprint density at radius 2 is 2.31 bits per heavy atom. The molecule has 0 radical (unpaired) electrons. The average molecular weight is 195 g/mol. The minimum absolute atomic E-state index is 0.461. The first-order valence-corrected chi connectivity index (χ1v) is 5.88. The van der Waals surface area contributed by atoms with Crippen LogP contribution in [0.1, 0.15) is 29.0 Å². The van der Waals surface area contributed by atoms with E-state index in [1.807, 2.05) is 11.3 Å². The van der Waals surface area contributed by atoms with Gasteiger partial charge in [-0.1, -0.05) is 0 Å². The van der Waals surface area contributed by atoms with Gasteiger partial charge in [-0.2, -0.15) is 0 Å². The van der Waals surface area contributed by atoms with Gasteiger partial charge < -0.3 is 5.73 Å². The molecular formula is C11H17NS. The summed E-state index contributed by atoms with van der Waals surface area (Å²) >= 11 is 1.91. The summed E-state index contributed by atoms with van der Waals surface area (Å²) < 4.78 is 0. The molecule has 1 unspecified atom stereocenters. The van der Waals surface area contributed by atoms with E-state index in [-0.39, 0.29) is 0 Å². The molecular weight excluding hydrogens is 178 g/mol. The van der Waals surface area contributed by atoms with Gasteiger partial charge in [-0.05, 0) is 50.7 Å². The molecule has 2 N–H and O–H groups in total. The first kappa shape index (κ1) is 9.22. The van der Waals surface area contributed by atoms with Gasteiger partial charge in [0, 0.05) is 15.8 Å². The van der Waals surface area contributed by atoms with Crippen molar-refractivity contribution in [1.82, 2.24) is 0 Å². The maximum atomic E-state index is 6.04. The Hall–Kier alpha value is -0.340. The van der Waals surface area contributed by atoms with Crippen molar-refractivity contribution in [3.8, 4) is 0 Å². The average Bonchev–Trinajstić information content (AvgIpc) is 2.87. The summed E-state index contributed by atoms with van der Waals surface area (Å²) in [6.07, 6.45) is 5.08. The summed E-state index contributed by atoms with van der Waals surface area (Å²) in [7, 11) is 0. The Morgan fingerprint density at radius 1 is 1.54 bits per heavy atom. The summed E-state index contributed by atoms with van der Waals surface area (Å²) in [4.78, 5) is 2.91. The quantitative estimate of drug-likeness (QED) is 0.785. The molecule has 0 saturated heterocycles. The van der Waals surface area contributed by atoms with E-state index in [0.717, 1.165) is 5.92 Å². The Kier molecular flexibility index (Phi) is 2.70. The van der Waals surface area contributed by atoms with Crippen LogP contribution in [0.5, 0.6) is 0 Å². The fourth-order valence-electron chi connectivity index (χ4n) is 1.69. The fourth-order valence-corrected chi connectivity index (χ4v) is 2.59. The molecule has 0 amide bonds. The molecule has 2 rings (SSSR count). The van der Waals surface area contributed by atoms with Crippen LogP contribution in [0.2, 0.25) is 0 Å². The van der Waals surface area contributed by atoms with Crippen LogP contribution in [0.25, 0.3) is 0 Å². The standard InChI is InChI=1S/C11H17NS/c1-8-2-5-10(13-8)6-7-11(12)9-3-4-9/h2,5,9,11H,3-4,6-7,12H2,1H3. The highest BCUT2D eigenvalue weighted by atomic mass is 32.1. The largest absolute Gasteiger partial charge is 0.327 e. The number of hydrogen-bond donors (Lipinski definition) is 1. The second-order valence-electron chi connectivity index (χ2n) is 4.05. The van der Waals surface area contributed by atoms with Crippen molar-refractivity contribution in [1.29, 1.82) is 0 Å². The summed E-state index contributed by atoms with van der Waals surface area (Å²) in [6.45, 7) is 2.16. The lowest BCUT2D eigenvalue weighted by Gasteiger charge is -2.07. The van der Waals surface area contributed by atoms with E-state index in [1.165, 1.54) is 35.4 Å². The Morgan fingerprint density at radius 3 is 2.85 bits per heavy atom. The zero-order chi connectivity index (χ0) is 9.26. The molecule has 1 aliphatic rings. The lowest BCUT2D eigenvalue weighted by atomic mass is 10.1. The Bertz CT molecular complexity index is 275.